The summed E-state index contributed by atoms with van der Waals surface area (Å²) < 4.78 is 55.5. The van der Waals surface area contributed by atoms with Gasteiger partial charge in [0.25, 0.3) is 0 Å². The highest BCUT2D eigenvalue weighted by Gasteiger charge is 2.23. The molecule has 0 radical (unpaired) electrons. The van der Waals surface area contributed by atoms with Gasteiger partial charge in [-0.1, -0.05) is 35.9 Å². The van der Waals surface area contributed by atoms with Crippen LogP contribution in [0.1, 0.15) is 17.3 Å². The third-order valence-corrected chi connectivity index (χ3v) is 6.87. The molecule has 0 saturated carbocycles. The van der Waals surface area contributed by atoms with Crippen LogP contribution in [0.4, 0.5) is 14.6 Å². The molecule has 11 heteroatoms. The molecule has 5 rings (SSSR count). The first-order valence-corrected chi connectivity index (χ1v) is 13.5. The molecule has 0 fully saturated rings. The Hall–Kier alpha value is -3.60. The van der Waals surface area contributed by atoms with Crippen LogP contribution in [-0.2, 0) is 23.5 Å². The van der Waals surface area contributed by atoms with E-state index in [1.54, 1.807) is 19.2 Å². The van der Waals surface area contributed by atoms with Gasteiger partial charge in [0, 0.05) is 29.6 Å². The number of nitrogens with zero attached hydrogens (tertiary/aromatic N) is 3. The lowest BCUT2D eigenvalue weighted by Gasteiger charge is -2.18. The Labute approximate surface area is 216 Å². The van der Waals surface area contributed by atoms with Crippen molar-refractivity contribution in [1.29, 1.82) is 0 Å². The number of aromatic nitrogens is 3. The number of para-hydroxylation sites is 1. The topological polar surface area (TPSA) is 103 Å². The summed E-state index contributed by atoms with van der Waals surface area (Å²) in [6, 6.07) is 15.5. The summed E-state index contributed by atoms with van der Waals surface area (Å²) in [5.74, 6) is -1.27. The third kappa shape index (κ3) is 5.00. The summed E-state index contributed by atoms with van der Waals surface area (Å²) in [5, 5.41) is 5.94. The fourth-order valence-electron chi connectivity index (χ4n) is 4.55. The normalized spacial score (nSPS) is 12.8. The molecule has 0 aliphatic heterocycles. The van der Waals surface area contributed by atoms with E-state index < -0.39 is 27.7 Å². The lowest BCUT2D eigenvalue weighted by molar-refractivity contribution is 0.576. The van der Waals surface area contributed by atoms with Gasteiger partial charge in [-0.05, 0) is 42.3 Å². The Kier molecular flexibility index (Phi) is 6.35. The number of benzene rings is 3. The first kappa shape index (κ1) is 25.1. The zero-order chi connectivity index (χ0) is 26.5. The fraction of sp³-hybridized carbons (Fsp3) is 0.154. The van der Waals surface area contributed by atoms with Crippen molar-refractivity contribution in [2.45, 2.75) is 12.5 Å². The van der Waals surface area contributed by atoms with Gasteiger partial charge in [0.05, 0.1) is 39.4 Å². The highest BCUT2D eigenvalue weighted by atomic mass is 35.5. The van der Waals surface area contributed by atoms with E-state index in [1.807, 2.05) is 30.3 Å². The maximum Gasteiger partial charge on any atom is 0.231 e. The Balaban J connectivity index is 1.74. The third-order valence-electron chi connectivity index (χ3n) is 5.99. The maximum absolute atomic E-state index is 13.8. The fourth-order valence-corrected chi connectivity index (χ4v) is 5.29. The van der Waals surface area contributed by atoms with Gasteiger partial charge in [-0.25, -0.2) is 17.2 Å². The number of anilines is 1. The van der Waals surface area contributed by atoms with Crippen LogP contribution in [0, 0.1) is 11.6 Å². The second kappa shape index (κ2) is 9.37. The average molecular weight is 542 g/mol. The van der Waals surface area contributed by atoms with E-state index in [1.165, 1.54) is 16.8 Å². The number of hydrogen-bond acceptors (Lipinski definition) is 5. The molecule has 2 heterocycles. The molecule has 7 nitrogen and oxygen atoms in total. The van der Waals surface area contributed by atoms with E-state index in [0.29, 0.717) is 43.8 Å². The van der Waals surface area contributed by atoms with Crippen LogP contribution in [0.15, 0.2) is 60.7 Å². The van der Waals surface area contributed by atoms with Crippen LogP contribution >= 0.6 is 11.6 Å². The minimum atomic E-state index is -3.62. The SMILES string of the molecule is Cn1nc(NS(C)(=O)=O)c2c(Cl)ccc(-c3cc4ccccc4nc3[C@@H](N)Cc3cc(F)cc(F)c3)c21. The van der Waals surface area contributed by atoms with Crippen LogP contribution in [0.25, 0.3) is 32.9 Å². The summed E-state index contributed by atoms with van der Waals surface area (Å²) in [5.41, 5.74) is 10.1. The Morgan fingerprint density at radius 2 is 1.76 bits per heavy atom. The summed E-state index contributed by atoms with van der Waals surface area (Å²) in [6.45, 7) is 0. The van der Waals surface area contributed by atoms with E-state index >= 15 is 0 Å². The van der Waals surface area contributed by atoms with Crippen LogP contribution in [0.2, 0.25) is 5.02 Å². The van der Waals surface area contributed by atoms with Gasteiger partial charge in [0.15, 0.2) is 5.82 Å². The van der Waals surface area contributed by atoms with Gasteiger partial charge in [0.2, 0.25) is 10.0 Å². The van der Waals surface area contributed by atoms with Crippen LogP contribution in [-0.4, -0.2) is 29.4 Å². The van der Waals surface area contributed by atoms with Gasteiger partial charge in [-0.2, -0.15) is 5.10 Å². The maximum atomic E-state index is 13.8. The highest BCUT2D eigenvalue weighted by molar-refractivity contribution is 7.92. The van der Waals surface area contributed by atoms with Crippen LogP contribution in [0.5, 0.6) is 0 Å². The molecule has 37 heavy (non-hydrogen) atoms. The van der Waals surface area contributed by atoms with Crippen molar-refractivity contribution in [1.82, 2.24) is 14.8 Å². The molecule has 5 aromatic rings. The van der Waals surface area contributed by atoms with Gasteiger partial charge in [-0.3, -0.25) is 14.4 Å². The average Bonchev–Trinajstić information content (AvgIpc) is 3.13. The van der Waals surface area contributed by atoms with E-state index in [0.717, 1.165) is 17.7 Å². The molecule has 190 valence electrons. The largest absolute Gasteiger partial charge is 0.322 e. The first-order chi connectivity index (χ1) is 17.5. The van der Waals surface area contributed by atoms with Gasteiger partial charge >= 0.3 is 0 Å². The Morgan fingerprint density at radius 1 is 1.05 bits per heavy atom. The number of rotatable bonds is 6. The van der Waals surface area contributed by atoms with Gasteiger partial charge in [0.1, 0.15) is 11.6 Å². The van der Waals surface area contributed by atoms with E-state index in [-0.39, 0.29) is 12.2 Å². The number of hydrogen-bond donors (Lipinski definition) is 2. The monoisotopic (exact) mass is 541 g/mol. The number of nitrogens with one attached hydrogen (secondary N) is 1. The predicted octanol–water partition coefficient (Wildman–Crippen LogP) is 5.33. The van der Waals surface area contributed by atoms with Crippen molar-refractivity contribution >= 4 is 49.2 Å². The number of sulfonamides is 1. The van der Waals surface area contributed by atoms with E-state index in [2.05, 4.69) is 9.82 Å². The minimum absolute atomic E-state index is 0.0988. The second-order valence-corrected chi connectivity index (χ2v) is 11.0. The number of nitrogens with two attached hydrogens (primary N) is 1. The van der Waals surface area contributed by atoms with Crippen LogP contribution < -0.4 is 10.5 Å². The van der Waals surface area contributed by atoms with Crippen molar-refractivity contribution in [3.05, 3.63) is 88.6 Å². The molecule has 2 aromatic heterocycles. The molecule has 0 saturated heterocycles. The van der Waals surface area contributed by atoms with Crippen molar-refractivity contribution in [3.8, 4) is 11.1 Å². The molecule has 1 atom stereocenters. The Morgan fingerprint density at radius 3 is 2.46 bits per heavy atom. The molecule has 3 N–H and O–H groups in total. The molecule has 0 unspecified atom stereocenters. The summed E-state index contributed by atoms with van der Waals surface area (Å²) in [6.07, 6.45) is 1.17. The van der Waals surface area contributed by atoms with Gasteiger partial charge < -0.3 is 5.73 Å². The summed E-state index contributed by atoms with van der Waals surface area (Å²) in [4.78, 5) is 4.83. The number of pyridine rings is 1. The standard InChI is InChI=1S/C26H22ClF2N5O2S/c1-34-25-18(7-8-20(27)23(25)26(32-34)33-37(2,35)36)19-12-15-5-3-4-6-22(15)31-24(19)21(30)11-14-9-16(28)13-17(29)10-14/h3-10,12-13,21H,11,30H2,1-2H3,(H,32,33)/t21-/m0/s1. The predicted molar refractivity (Wildman–Crippen MR) is 142 cm³/mol. The van der Waals surface area contributed by atoms with Crippen molar-refractivity contribution in [2.24, 2.45) is 12.8 Å². The molecule has 0 aliphatic rings. The summed E-state index contributed by atoms with van der Waals surface area (Å²) in [7, 11) is -1.94. The smallest absolute Gasteiger partial charge is 0.231 e. The quantitative estimate of drug-likeness (QED) is 0.302. The van der Waals surface area contributed by atoms with Gasteiger partial charge in [-0.15, -0.1) is 0 Å². The lowest BCUT2D eigenvalue weighted by Crippen LogP contribution is -2.17. The minimum Gasteiger partial charge on any atom is -0.322 e. The highest BCUT2D eigenvalue weighted by Crippen LogP contribution is 2.40. The lowest BCUT2D eigenvalue weighted by atomic mass is 9.93. The number of fused-ring (bicyclic) bond motifs is 2. The molecule has 0 spiro atoms. The summed E-state index contributed by atoms with van der Waals surface area (Å²) >= 11 is 6.50. The molecule has 3 aromatic carbocycles. The van der Waals surface area contributed by atoms with Crippen molar-refractivity contribution in [2.75, 3.05) is 11.0 Å². The molecule has 0 aliphatic carbocycles. The van der Waals surface area contributed by atoms with Crippen LogP contribution in [0.3, 0.4) is 0 Å². The van der Waals surface area contributed by atoms with E-state index in [4.69, 9.17) is 22.3 Å². The second-order valence-electron chi connectivity index (χ2n) is 8.87. The van der Waals surface area contributed by atoms with Crippen molar-refractivity contribution < 1.29 is 17.2 Å². The van der Waals surface area contributed by atoms with Crippen molar-refractivity contribution in [3.63, 3.8) is 0 Å². The number of aryl methyl sites for hydroxylation is 1. The Bertz CT molecular complexity index is 1770. The van der Waals surface area contributed by atoms with E-state index in [9.17, 15) is 17.2 Å². The first-order valence-electron chi connectivity index (χ1n) is 11.2. The molecular formula is C26H22ClF2N5O2S. The number of halogens is 3. The zero-order valence-electron chi connectivity index (χ0n) is 19.8. The zero-order valence-corrected chi connectivity index (χ0v) is 21.4. The molecule has 0 amide bonds. The molecule has 0 bridgehead atoms. The molecular weight excluding hydrogens is 520 g/mol.